The molecule has 3 nitrogen and oxygen atoms in total. The molecule has 2 rings (SSSR count). The normalized spacial score (nSPS) is 11.9. The maximum absolute atomic E-state index is 10.6. The van der Waals surface area contributed by atoms with Crippen molar-refractivity contribution in [3.8, 4) is 5.75 Å². The number of benzene rings is 2. The highest BCUT2D eigenvalue weighted by molar-refractivity contribution is 5.74. The van der Waals surface area contributed by atoms with Crippen molar-refractivity contribution in [1.82, 2.24) is 0 Å². The van der Waals surface area contributed by atoms with Crippen molar-refractivity contribution in [2.75, 3.05) is 6.61 Å². The molecule has 0 heterocycles. The molecule has 0 aliphatic rings. The van der Waals surface area contributed by atoms with E-state index in [4.69, 9.17) is 10.5 Å². The molecule has 0 spiro atoms. The number of nitrogens with two attached hydrogens (primary N) is 1. The molecule has 1 unspecified atom stereocenters. The van der Waals surface area contributed by atoms with Gasteiger partial charge in [-0.25, -0.2) is 0 Å². The molecular weight excluding hydrogens is 250 g/mol. The van der Waals surface area contributed by atoms with Gasteiger partial charge in [-0.15, -0.1) is 0 Å². The van der Waals surface area contributed by atoms with E-state index in [0.29, 0.717) is 12.2 Å². The van der Waals surface area contributed by atoms with Crippen molar-refractivity contribution in [1.29, 1.82) is 0 Å². The minimum Gasteiger partial charge on any atom is -0.491 e. The predicted molar refractivity (Wildman–Crippen MR) is 80.2 cm³/mol. The standard InChI is InChI=1S/C17H19NO2/c1-12-4-3-5-13(2)17(12)20-11-16(18)15-8-6-14(10-19)7-9-15/h3-10,16H,11,18H2,1-2H3. The van der Waals surface area contributed by atoms with Crippen molar-refractivity contribution in [2.45, 2.75) is 19.9 Å². The summed E-state index contributed by atoms with van der Waals surface area (Å²) in [6.45, 7) is 4.45. The fourth-order valence-electron chi connectivity index (χ4n) is 2.12. The van der Waals surface area contributed by atoms with Gasteiger partial charge in [0.05, 0.1) is 6.04 Å². The van der Waals surface area contributed by atoms with Crippen LogP contribution in [-0.4, -0.2) is 12.9 Å². The van der Waals surface area contributed by atoms with Crippen LogP contribution < -0.4 is 10.5 Å². The molecule has 2 aromatic rings. The van der Waals surface area contributed by atoms with Crippen LogP contribution in [-0.2, 0) is 0 Å². The molecule has 2 N–H and O–H groups in total. The van der Waals surface area contributed by atoms with Gasteiger partial charge >= 0.3 is 0 Å². The average molecular weight is 269 g/mol. The molecule has 0 aromatic heterocycles. The SMILES string of the molecule is Cc1cccc(C)c1OCC(N)c1ccc(C=O)cc1. The molecule has 0 saturated carbocycles. The van der Waals surface area contributed by atoms with Gasteiger partial charge in [0.25, 0.3) is 0 Å². The summed E-state index contributed by atoms with van der Waals surface area (Å²) in [5, 5.41) is 0. The molecule has 1 atom stereocenters. The van der Waals surface area contributed by atoms with Gasteiger partial charge in [0.2, 0.25) is 0 Å². The summed E-state index contributed by atoms with van der Waals surface area (Å²) >= 11 is 0. The highest BCUT2D eigenvalue weighted by atomic mass is 16.5. The summed E-state index contributed by atoms with van der Waals surface area (Å²) in [5.74, 6) is 0.896. The summed E-state index contributed by atoms with van der Waals surface area (Å²) < 4.78 is 5.85. The monoisotopic (exact) mass is 269 g/mol. The lowest BCUT2D eigenvalue weighted by molar-refractivity contribution is 0.112. The molecule has 0 aliphatic carbocycles. The Bertz CT molecular complexity index is 570. The Morgan fingerprint density at radius 1 is 1.10 bits per heavy atom. The smallest absolute Gasteiger partial charge is 0.150 e. The zero-order chi connectivity index (χ0) is 14.5. The summed E-state index contributed by atoms with van der Waals surface area (Å²) in [6, 6.07) is 13.1. The highest BCUT2D eigenvalue weighted by Crippen LogP contribution is 2.23. The third kappa shape index (κ3) is 3.25. The maximum atomic E-state index is 10.6. The quantitative estimate of drug-likeness (QED) is 0.848. The van der Waals surface area contributed by atoms with E-state index in [1.165, 1.54) is 0 Å². The summed E-state index contributed by atoms with van der Waals surface area (Å²) in [4.78, 5) is 10.6. The number of ether oxygens (including phenoxy) is 1. The zero-order valence-electron chi connectivity index (χ0n) is 11.8. The molecule has 0 bridgehead atoms. The molecule has 104 valence electrons. The third-order valence-electron chi connectivity index (χ3n) is 3.32. The molecule has 0 radical (unpaired) electrons. The van der Waals surface area contributed by atoms with Crippen LogP contribution >= 0.6 is 0 Å². The average Bonchev–Trinajstić information content (AvgIpc) is 2.46. The molecular formula is C17H19NO2. The highest BCUT2D eigenvalue weighted by Gasteiger charge is 2.09. The second-order valence-electron chi connectivity index (χ2n) is 4.92. The van der Waals surface area contributed by atoms with Gasteiger partial charge < -0.3 is 10.5 Å². The first kappa shape index (κ1) is 14.3. The van der Waals surface area contributed by atoms with Crippen molar-refractivity contribution in [3.63, 3.8) is 0 Å². The van der Waals surface area contributed by atoms with Gasteiger partial charge in [-0.1, -0.05) is 42.5 Å². The summed E-state index contributed by atoms with van der Waals surface area (Å²) in [6.07, 6.45) is 0.822. The van der Waals surface area contributed by atoms with Crippen LogP contribution in [0, 0.1) is 13.8 Å². The molecule has 20 heavy (non-hydrogen) atoms. The Labute approximate surface area is 119 Å². The number of hydrogen-bond donors (Lipinski definition) is 1. The lowest BCUT2D eigenvalue weighted by Crippen LogP contribution is -2.19. The molecule has 0 amide bonds. The summed E-state index contributed by atoms with van der Waals surface area (Å²) in [7, 11) is 0. The first-order valence-electron chi connectivity index (χ1n) is 6.61. The van der Waals surface area contributed by atoms with Gasteiger partial charge in [0.1, 0.15) is 18.6 Å². The van der Waals surface area contributed by atoms with Crippen LogP contribution in [0.15, 0.2) is 42.5 Å². The molecule has 3 heteroatoms. The van der Waals surface area contributed by atoms with E-state index in [-0.39, 0.29) is 6.04 Å². The van der Waals surface area contributed by atoms with Crippen molar-refractivity contribution in [2.24, 2.45) is 5.73 Å². The first-order valence-corrected chi connectivity index (χ1v) is 6.61. The van der Waals surface area contributed by atoms with E-state index in [1.807, 2.05) is 44.2 Å². The minimum atomic E-state index is -0.213. The number of carbonyl (C=O) groups excluding carboxylic acids is 1. The van der Waals surface area contributed by atoms with Gasteiger partial charge in [0, 0.05) is 5.56 Å². The zero-order valence-corrected chi connectivity index (χ0v) is 11.8. The fourth-order valence-corrected chi connectivity index (χ4v) is 2.12. The lowest BCUT2D eigenvalue weighted by Gasteiger charge is -2.16. The Morgan fingerprint density at radius 2 is 1.70 bits per heavy atom. The van der Waals surface area contributed by atoms with Gasteiger partial charge in [0.15, 0.2) is 0 Å². The van der Waals surface area contributed by atoms with E-state index in [1.54, 1.807) is 12.1 Å². The van der Waals surface area contributed by atoms with Crippen LogP contribution in [0.5, 0.6) is 5.75 Å². The molecule has 0 fully saturated rings. The number of para-hydroxylation sites is 1. The lowest BCUT2D eigenvalue weighted by atomic mass is 10.1. The van der Waals surface area contributed by atoms with E-state index < -0.39 is 0 Å². The number of aldehydes is 1. The Morgan fingerprint density at radius 3 is 2.25 bits per heavy atom. The Kier molecular flexibility index (Phi) is 4.53. The summed E-state index contributed by atoms with van der Waals surface area (Å²) in [5.41, 5.74) is 9.94. The van der Waals surface area contributed by atoms with Crippen molar-refractivity contribution in [3.05, 3.63) is 64.7 Å². The molecule has 0 aliphatic heterocycles. The second-order valence-corrected chi connectivity index (χ2v) is 4.92. The first-order chi connectivity index (χ1) is 9.61. The van der Waals surface area contributed by atoms with E-state index in [0.717, 1.165) is 28.7 Å². The molecule has 0 saturated heterocycles. The van der Waals surface area contributed by atoms with Crippen LogP contribution in [0.25, 0.3) is 0 Å². The fraction of sp³-hybridized carbons (Fsp3) is 0.235. The number of aryl methyl sites for hydroxylation is 2. The van der Waals surface area contributed by atoms with Crippen molar-refractivity contribution >= 4 is 6.29 Å². The maximum Gasteiger partial charge on any atom is 0.150 e. The Balaban J connectivity index is 2.04. The second kappa shape index (κ2) is 6.35. The Hall–Kier alpha value is -2.13. The van der Waals surface area contributed by atoms with Gasteiger partial charge in [-0.2, -0.15) is 0 Å². The number of rotatable bonds is 5. The third-order valence-corrected chi connectivity index (χ3v) is 3.32. The number of hydrogen-bond acceptors (Lipinski definition) is 3. The van der Waals surface area contributed by atoms with Crippen LogP contribution in [0.3, 0.4) is 0 Å². The van der Waals surface area contributed by atoms with E-state index in [2.05, 4.69) is 0 Å². The van der Waals surface area contributed by atoms with Crippen molar-refractivity contribution < 1.29 is 9.53 Å². The van der Waals surface area contributed by atoms with Gasteiger partial charge in [-0.05, 0) is 30.5 Å². The van der Waals surface area contributed by atoms with E-state index in [9.17, 15) is 4.79 Å². The van der Waals surface area contributed by atoms with E-state index >= 15 is 0 Å². The largest absolute Gasteiger partial charge is 0.491 e. The van der Waals surface area contributed by atoms with Crippen LogP contribution in [0.1, 0.15) is 33.1 Å². The van der Waals surface area contributed by atoms with Crippen LogP contribution in [0.2, 0.25) is 0 Å². The topological polar surface area (TPSA) is 52.3 Å². The predicted octanol–water partition coefficient (Wildman–Crippen LogP) is 3.19. The van der Waals surface area contributed by atoms with Crippen LogP contribution in [0.4, 0.5) is 0 Å². The molecule has 2 aromatic carbocycles. The minimum absolute atomic E-state index is 0.213. The number of carbonyl (C=O) groups is 1. The van der Waals surface area contributed by atoms with Gasteiger partial charge in [-0.3, -0.25) is 4.79 Å².